The lowest BCUT2D eigenvalue weighted by Crippen LogP contribution is -2.37. The van der Waals surface area contributed by atoms with Gasteiger partial charge in [-0.2, -0.15) is 0 Å². The molecule has 0 atom stereocenters. The van der Waals surface area contributed by atoms with Gasteiger partial charge < -0.3 is 10.2 Å². The predicted octanol–water partition coefficient (Wildman–Crippen LogP) is 3.55. The molecule has 0 aliphatic carbocycles. The smallest absolute Gasteiger partial charge is 0.144 e. The molecule has 1 aromatic rings. The summed E-state index contributed by atoms with van der Waals surface area (Å²) in [4.78, 5) is 2.43. The molecule has 1 aliphatic rings. The first-order chi connectivity index (χ1) is 9.61. The fraction of sp³-hybridized carbons (Fsp3) is 0.600. The van der Waals surface area contributed by atoms with Crippen molar-refractivity contribution in [3.8, 4) is 0 Å². The molecule has 2 nitrogen and oxygen atoms in total. The first-order valence-electron chi connectivity index (χ1n) is 7.17. The van der Waals surface area contributed by atoms with Gasteiger partial charge in [-0.25, -0.2) is 8.78 Å². The Bertz CT molecular complexity index is 446. The highest BCUT2D eigenvalue weighted by atomic mass is 79.9. The van der Waals surface area contributed by atoms with Gasteiger partial charge in [0, 0.05) is 12.1 Å². The van der Waals surface area contributed by atoms with Crippen molar-refractivity contribution < 1.29 is 8.78 Å². The fourth-order valence-electron chi connectivity index (χ4n) is 2.64. The van der Waals surface area contributed by atoms with Crippen molar-refractivity contribution in [2.45, 2.75) is 26.3 Å². The number of hydrogen-bond acceptors (Lipinski definition) is 2. The van der Waals surface area contributed by atoms with E-state index in [-0.39, 0.29) is 12.1 Å². The van der Waals surface area contributed by atoms with Crippen LogP contribution in [0.1, 0.15) is 25.3 Å². The molecule has 112 valence electrons. The van der Waals surface area contributed by atoms with E-state index in [1.807, 2.05) is 0 Å². The molecule has 1 heterocycles. The minimum absolute atomic E-state index is 0.116. The zero-order valence-electron chi connectivity index (χ0n) is 11.8. The molecule has 5 heteroatoms. The molecule has 1 aliphatic heterocycles. The Hall–Kier alpha value is -0.520. The third-order valence-corrected chi connectivity index (χ3v) is 4.64. The summed E-state index contributed by atoms with van der Waals surface area (Å²) in [5.74, 6) is -0.381. The molecule has 0 unspecified atom stereocenters. The molecule has 0 amide bonds. The lowest BCUT2D eigenvalue weighted by atomic mass is 9.97. The van der Waals surface area contributed by atoms with Gasteiger partial charge in [-0.05, 0) is 73.0 Å². The number of nitrogens with zero attached hydrogens (tertiary/aromatic N) is 1. The van der Waals surface area contributed by atoms with Crippen LogP contribution < -0.4 is 5.32 Å². The number of benzene rings is 1. The van der Waals surface area contributed by atoms with Crippen LogP contribution in [0.5, 0.6) is 0 Å². The zero-order chi connectivity index (χ0) is 14.5. The summed E-state index contributed by atoms with van der Waals surface area (Å²) < 4.78 is 27.7. The van der Waals surface area contributed by atoms with Gasteiger partial charge in [0.1, 0.15) is 11.6 Å². The van der Waals surface area contributed by atoms with Gasteiger partial charge in [0.15, 0.2) is 0 Å². The number of halogens is 3. The Morgan fingerprint density at radius 2 is 2.00 bits per heavy atom. The molecule has 1 N–H and O–H groups in total. The van der Waals surface area contributed by atoms with Crippen molar-refractivity contribution >= 4 is 15.9 Å². The predicted molar refractivity (Wildman–Crippen MR) is 80.6 cm³/mol. The fourth-order valence-corrected chi connectivity index (χ4v) is 3.01. The lowest BCUT2D eigenvalue weighted by Gasteiger charge is -2.31. The Labute approximate surface area is 127 Å². The summed E-state index contributed by atoms with van der Waals surface area (Å²) in [7, 11) is 0. The van der Waals surface area contributed by atoms with Crippen molar-refractivity contribution in [2.75, 3.05) is 26.2 Å². The molecule has 0 bridgehead atoms. The average Bonchev–Trinajstić information content (AvgIpc) is 2.47. The Kier molecular flexibility index (Phi) is 5.93. The number of piperidine rings is 1. The van der Waals surface area contributed by atoms with E-state index < -0.39 is 11.6 Å². The molecule has 1 fully saturated rings. The van der Waals surface area contributed by atoms with Crippen LogP contribution in [-0.4, -0.2) is 31.1 Å². The van der Waals surface area contributed by atoms with E-state index >= 15 is 0 Å². The van der Waals surface area contributed by atoms with Crippen LogP contribution in [0.3, 0.4) is 0 Å². The quantitative estimate of drug-likeness (QED) is 0.820. The van der Waals surface area contributed by atoms with Gasteiger partial charge >= 0.3 is 0 Å². The highest BCUT2D eigenvalue weighted by Gasteiger charge is 2.18. The van der Waals surface area contributed by atoms with Crippen molar-refractivity contribution in [3.05, 3.63) is 33.8 Å². The van der Waals surface area contributed by atoms with Crippen LogP contribution in [0.25, 0.3) is 0 Å². The number of nitrogens with one attached hydrogen (secondary N) is 1. The molecular weight excluding hydrogens is 326 g/mol. The molecule has 1 aromatic carbocycles. The first-order valence-corrected chi connectivity index (χ1v) is 7.96. The van der Waals surface area contributed by atoms with E-state index in [1.54, 1.807) is 0 Å². The molecular formula is C15H21BrF2N2. The van der Waals surface area contributed by atoms with Gasteiger partial charge in [-0.15, -0.1) is 0 Å². The minimum atomic E-state index is -0.502. The second-order valence-corrected chi connectivity index (χ2v) is 6.18. The molecule has 0 saturated carbocycles. The van der Waals surface area contributed by atoms with Crippen LogP contribution >= 0.6 is 15.9 Å². The van der Waals surface area contributed by atoms with Crippen LogP contribution in [0.2, 0.25) is 0 Å². The summed E-state index contributed by atoms with van der Waals surface area (Å²) in [6.45, 7) is 6.60. The number of likely N-dealkylation sites (tertiary alicyclic amines) is 1. The third kappa shape index (κ3) is 3.99. The SMILES string of the molecule is CCN1CCC(CNCc2c(F)ccc(Br)c2F)CC1. The standard InChI is InChI=1S/C15H21BrF2N2/c1-2-20-7-5-11(6-8-20)9-19-10-12-14(17)4-3-13(16)15(12)18/h3-4,11,19H,2,5-10H2,1H3. The van der Waals surface area contributed by atoms with Crippen molar-refractivity contribution in [2.24, 2.45) is 5.92 Å². The summed E-state index contributed by atoms with van der Waals surface area (Å²) >= 11 is 3.09. The Balaban J connectivity index is 1.81. The summed E-state index contributed by atoms with van der Waals surface area (Å²) in [6, 6.07) is 2.69. The van der Waals surface area contributed by atoms with E-state index in [4.69, 9.17) is 0 Å². The maximum atomic E-state index is 13.8. The summed E-state index contributed by atoms with van der Waals surface area (Å²) in [6.07, 6.45) is 2.31. The van der Waals surface area contributed by atoms with Crippen molar-refractivity contribution in [1.82, 2.24) is 10.2 Å². The highest BCUT2D eigenvalue weighted by molar-refractivity contribution is 9.10. The molecule has 2 rings (SSSR count). The maximum absolute atomic E-state index is 13.8. The van der Waals surface area contributed by atoms with Gasteiger partial charge in [0.2, 0.25) is 0 Å². The first kappa shape index (κ1) is 15.9. The van der Waals surface area contributed by atoms with E-state index in [1.165, 1.54) is 12.1 Å². The number of hydrogen-bond donors (Lipinski definition) is 1. The van der Waals surface area contributed by atoms with Crippen molar-refractivity contribution in [3.63, 3.8) is 0 Å². The summed E-state index contributed by atoms with van der Waals surface area (Å²) in [5.41, 5.74) is 0.116. The monoisotopic (exact) mass is 346 g/mol. The minimum Gasteiger partial charge on any atom is -0.312 e. The molecule has 20 heavy (non-hydrogen) atoms. The lowest BCUT2D eigenvalue weighted by molar-refractivity contribution is 0.190. The van der Waals surface area contributed by atoms with Gasteiger partial charge in [-0.1, -0.05) is 6.92 Å². The van der Waals surface area contributed by atoms with Crippen LogP contribution in [0.4, 0.5) is 8.78 Å². The highest BCUT2D eigenvalue weighted by Crippen LogP contribution is 2.22. The Morgan fingerprint density at radius 3 is 2.65 bits per heavy atom. The van der Waals surface area contributed by atoms with Crippen LogP contribution in [0.15, 0.2) is 16.6 Å². The topological polar surface area (TPSA) is 15.3 Å². The van der Waals surface area contributed by atoms with E-state index in [9.17, 15) is 8.78 Å². The third-order valence-electron chi connectivity index (χ3n) is 4.03. The second-order valence-electron chi connectivity index (χ2n) is 5.33. The average molecular weight is 347 g/mol. The molecule has 0 radical (unpaired) electrons. The van der Waals surface area contributed by atoms with Crippen molar-refractivity contribution in [1.29, 1.82) is 0 Å². The molecule has 0 aromatic heterocycles. The molecule has 1 saturated heterocycles. The zero-order valence-corrected chi connectivity index (χ0v) is 13.3. The number of rotatable bonds is 5. The van der Waals surface area contributed by atoms with E-state index in [0.29, 0.717) is 10.4 Å². The van der Waals surface area contributed by atoms with Crippen LogP contribution in [-0.2, 0) is 6.54 Å². The van der Waals surface area contributed by atoms with Gasteiger partial charge in [0.05, 0.1) is 4.47 Å². The molecule has 0 spiro atoms. The van der Waals surface area contributed by atoms with Crippen LogP contribution in [0, 0.1) is 17.6 Å². The normalized spacial score (nSPS) is 17.6. The van der Waals surface area contributed by atoms with Gasteiger partial charge in [0.25, 0.3) is 0 Å². The van der Waals surface area contributed by atoms with E-state index in [2.05, 4.69) is 33.1 Å². The Morgan fingerprint density at radius 1 is 1.30 bits per heavy atom. The summed E-state index contributed by atoms with van der Waals surface area (Å²) in [5, 5.41) is 3.19. The van der Waals surface area contributed by atoms with Gasteiger partial charge in [-0.3, -0.25) is 0 Å². The largest absolute Gasteiger partial charge is 0.312 e. The van der Waals surface area contributed by atoms with E-state index in [0.717, 1.165) is 39.0 Å². The maximum Gasteiger partial charge on any atom is 0.144 e. The second kappa shape index (κ2) is 7.48.